The number of benzene rings is 1. The molecule has 0 unspecified atom stereocenters. The summed E-state index contributed by atoms with van der Waals surface area (Å²) >= 11 is 0. The number of hydrogen-bond donors (Lipinski definition) is 1. The van der Waals surface area contributed by atoms with Gasteiger partial charge in [-0.2, -0.15) is 0 Å². The van der Waals surface area contributed by atoms with Gasteiger partial charge in [0, 0.05) is 6.54 Å². The Morgan fingerprint density at radius 2 is 1.94 bits per heavy atom. The zero-order valence-electron chi connectivity index (χ0n) is 11.2. The molecule has 0 heterocycles. The number of nitrogens with two attached hydrogens (primary N) is 1. The van der Waals surface area contributed by atoms with Gasteiger partial charge in [-0.1, -0.05) is 25.3 Å². The highest BCUT2D eigenvalue weighted by Crippen LogP contribution is 2.30. The summed E-state index contributed by atoms with van der Waals surface area (Å²) in [5.41, 5.74) is 6.68. The first-order valence-corrected chi connectivity index (χ1v) is 6.83. The molecule has 0 saturated heterocycles. The van der Waals surface area contributed by atoms with E-state index in [1.54, 1.807) is 7.11 Å². The summed E-state index contributed by atoms with van der Waals surface area (Å²) in [6, 6.07) is 5.92. The van der Waals surface area contributed by atoms with E-state index in [1.165, 1.54) is 32.1 Å². The van der Waals surface area contributed by atoms with Crippen LogP contribution in [-0.2, 0) is 6.54 Å². The molecule has 1 aromatic rings. The van der Waals surface area contributed by atoms with Crippen molar-refractivity contribution in [3.63, 3.8) is 0 Å². The van der Waals surface area contributed by atoms with Crippen LogP contribution in [0.4, 0.5) is 0 Å². The summed E-state index contributed by atoms with van der Waals surface area (Å²) in [5.74, 6) is 2.33. The Morgan fingerprint density at radius 3 is 2.61 bits per heavy atom. The maximum atomic E-state index is 5.90. The number of methoxy groups -OCH3 is 1. The van der Waals surface area contributed by atoms with Gasteiger partial charge in [0.25, 0.3) is 0 Å². The summed E-state index contributed by atoms with van der Waals surface area (Å²) in [6.07, 6.45) is 6.66. The minimum atomic E-state index is 0.527. The third kappa shape index (κ3) is 3.39. The molecule has 1 aliphatic carbocycles. The van der Waals surface area contributed by atoms with Crippen molar-refractivity contribution in [1.29, 1.82) is 0 Å². The molecule has 0 bridgehead atoms. The highest BCUT2D eigenvalue weighted by atomic mass is 16.5. The van der Waals surface area contributed by atoms with Crippen LogP contribution in [0.3, 0.4) is 0 Å². The Kier molecular flexibility index (Phi) is 4.88. The average Bonchev–Trinajstić information content (AvgIpc) is 2.46. The van der Waals surface area contributed by atoms with Gasteiger partial charge in [-0.15, -0.1) is 0 Å². The standard InChI is InChI=1S/C15H23NO2/c1-17-15-9-13(10-16)7-8-14(15)18-11-12-5-3-2-4-6-12/h7-9,12H,2-6,10-11,16H2,1H3. The Morgan fingerprint density at radius 1 is 1.17 bits per heavy atom. The molecule has 1 aliphatic rings. The van der Waals surface area contributed by atoms with Crippen LogP contribution in [0.15, 0.2) is 18.2 Å². The lowest BCUT2D eigenvalue weighted by atomic mass is 9.90. The molecule has 3 heteroatoms. The lowest BCUT2D eigenvalue weighted by molar-refractivity contribution is 0.202. The van der Waals surface area contributed by atoms with Crippen molar-refractivity contribution in [1.82, 2.24) is 0 Å². The zero-order valence-corrected chi connectivity index (χ0v) is 11.2. The lowest BCUT2D eigenvalue weighted by Gasteiger charge is -2.22. The van der Waals surface area contributed by atoms with E-state index in [1.807, 2.05) is 18.2 Å². The molecule has 3 nitrogen and oxygen atoms in total. The smallest absolute Gasteiger partial charge is 0.161 e. The summed E-state index contributed by atoms with van der Waals surface area (Å²) in [4.78, 5) is 0. The summed E-state index contributed by atoms with van der Waals surface area (Å²) in [6.45, 7) is 1.33. The average molecular weight is 249 g/mol. The summed E-state index contributed by atoms with van der Waals surface area (Å²) in [7, 11) is 1.67. The van der Waals surface area contributed by atoms with Crippen LogP contribution in [0.1, 0.15) is 37.7 Å². The molecule has 0 atom stereocenters. The number of ether oxygens (including phenoxy) is 2. The maximum Gasteiger partial charge on any atom is 0.161 e. The molecule has 0 radical (unpaired) electrons. The normalized spacial score (nSPS) is 16.6. The Balaban J connectivity index is 1.95. The van der Waals surface area contributed by atoms with E-state index in [4.69, 9.17) is 15.2 Å². The van der Waals surface area contributed by atoms with E-state index in [2.05, 4.69) is 0 Å². The van der Waals surface area contributed by atoms with Crippen LogP contribution in [0.25, 0.3) is 0 Å². The highest BCUT2D eigenvalue weighted by Gasteiger charge is 2.15. The fraction of sp³-hybridized carbons (Fsp3) is 0.600. The highest BCUT2D eigenvalue weighted by molar-refractivity contribution is 5.42. The first kappa shape index (κ1) is 13.2. The molecule has 2 N–H and O–H groups in total. The molecule has 100 valence electrons. The minimum Gasteiger partial charge on any atom is -0.493 e. The predicted molar refractivity (Wildman–Crippen MR) is 73.0 cm³/mol. The molecule has 0 aromatic heterocycles. The van der Waals surface area contributed by atoms with Crippen LogP contribution >= 0.6 is 0 Å². The van der Waals surface area contributed by atoms with Crippen molar-refractivity contribution < 1.29 is 9.47 Å². The predicted octanol–water partition coefficient (Wildman–Crippen LogP) is 3.11. The van der Waals surface area contributed by atoms with Gasteiger partial charge >= 0.3 is 0 Å². The van der Waals surface area contributed by atoms with Gasteiger partial charge in [-0.25, -0.2) is 0 Å². The molecule has 2 rings (SSSR count). The van der Waals surface area contributed by atoms with Crippen LogP contribution < -0.4 is 15.2 Å². The third-order valence-corrected chi connectivity index (χ3v) is 3.66. The quantitative estimate of drug-likeness (QED) is 0.872. The minimum absolute atomic E-state index is 0.527. The maximum absolute atomic E-state index is 5.90. The topological polar surface area (TPSA) is 44.5 Å². The van der Waals surface area contributed by atoms with Gasteiger partial charge in [-0.3, -0.25) is 0 Å². The molecule has 0 aliphatic heterocycles. The fourth-order valence-corrected chi connectivity index (χ4v) is 2.52. The van der Waals surface area contributed by atoms with Crippen molar-refractivity contribution in [3.05, 3.63) is 23.8 Å². The monoisotopic (exact) mass is 249 g/mol. The first-order valence-electron chi connectivity index (χ1n) is 6.83. The number of hydrogen-bond acceptors (Lipinski definition) is 3. The SMILES string of the molecule is COc1cc(CN)ccc1OCC1CCCCC1. The van der Waals surface area contributed by atoms with Crippen molar-refractivity contribution in [2.24, 2.45) is 11.7 Å². The van der Waals surface area contributed by atoms with Crippen LogP contribution in [0.5, 0.6) is 11.5 Å². The molecular formula is C15H23NO2. The summed E-state index contributed by atoms with van der Waals surface area (Å²) in [5, 5.41) is 0. The van der Waals surface area contributed by atoms with E-state index in [-0.39, 0.29) is 0 Å². The van der Waals surface area contributed by atoms with Crippen LogP contribution in [0, 0.1) is 5.92 Å². The van der Waals surface area contributed by atoms with Gasteiger partial charge in [0.1, 0.15) is 0 Å². The molecule has 18 heavy (non-hydrogen) atoms. The van der Waals surface area contributed by atoms with Crippen LogP contribution in [0.2, 0.25) is 0 Å². The fourth-order valence-electron chi connectivity index (χ4n) is 2.52. The zero-order chi connectivity index (χ0) is 12.8. The van der Waals surface area contributed by atoms with Gasteiger partial charge < -0.3 is 15.2 Å². The molecule has 0 amide bonds. The van der Waals surface area contributed by atoms with Crippen molar-refractivity contribution in [2.75, 3.05) is 13.7 Å². The van der Waals surface area contributed by atoms with E-state index in [0.29, 0.717) is 12.5 Å². The van der Waals surface area contributed by atoms with Gasteiger partial charge in [0.2, 0.25) is 0 Å². The second-order valence-corrected chi connectivity index (χ2v) is 5.00. The van der Waals surface area contributed by atoms with Crippen molar-refractivity contribution in [2.45, 2.75) is 38.6 Å². The van der Waals surface area contributed by atoms with E-state index >= 15 is 0 Å². The molecule has 1 aromatic carbocycles. The largest absolute Gasteiger partial charge is 0.493 e. The Hall–Kier alpha value is -1.22. The first-order chi connectivity index (χ1) is 8.83. The second kappa shape index (κ2) is 6.64. The number of rotatable bonds is 5. The van der Waals surface area contributed by atoms with E-state index in [9.17, 15) is 0 Å². The van der Waals surface area contributed by atoms with E-state index < -0.39 is 0 Å². The molecule has 1 saturated carbocycles. The van der Waals surface area contributed by atoms with Crippen molar-refractivity contribution >= 4 is 0 Å². The molecular weight excluding hydrogens is 226 g/mol. The van der Waals surface area contributed by atoms with Crippen LogP contribution in [-0.4, -0.2) is 13.7 Å². The molecule has 0 spiro atoms. The van der Waals surface area contributed by atoms with Crippen molar-refractivity contribution in [3.8, 4) is 11.5 Å². The van der Waals surface area contributed by atoms with Gasteiger partial charge in [-0.05, 0) is 36.5 Å². The van der Waals surface area contributed by atoms with E-state index in [0.717, 1.165) is 23.7 Å². The third-order valence-electron chi connectivity index (χ3n) is 3.66. The molecule has 1 fully saturated rings. The van der Waals surface area contributed by atoms with Gasteiger partial charge in [0.15, 0.2) is 11.5 Å². The summed E-state index contributed by atoms with van der Waals surface area (Å²) < 4.78 is 11.2. The lowest BCUT2D eigenvalue weighted by Crippen LogP contribution is -2.15. The van der Waals surface area contributed by atoms with Gasteiger partial charge in [0.05, 0.1) is 13.7 Å². The Labute approximate surface area is 109 Å². The second-order valence-electron chi connectivity index (χ2n) is 5.00. The Bertz CT molecular complexity index is 373.